The lowest BCUT2D eigenvalue weighted by Crippen LogP contribution is -2.24. The van der Waals surface area contributed by atoms with Crippen LogP contribution in [0.1, 0.15) is 26.2 Å². The Hall–Kier alpha value is -1.95. The highest BCUT2D eigenvalue weighted by atomic mass is 19.1. The van der Waals surface area contributed by atoms with Gasteiger partial charge in [0.05, 0.1) is 23.6 Å². The van der Waals surface area contributed by atoms with Gasteiger partial charge in [0.25, 0.3) is 0 Å². The van der Waals surface area contributed by atoms with Gasteiger partial charge in [-0.25, -0.2) is 9.37 Å². The second-order valence-electron chi connectivity index (χ2n) is 4.73. The zero-order valence-corrected chi connectivity index (χ0v) is 11.4. The van der Waals surface area contributed by atoms with Crippen molar-refractivity contribution in [3.63, 3.8) is 0 Å². The van der Waals surface area contributed by atoms with Crippen LogP contribution in [0, 0.1) is 5.82 Å². The van der Waals surface area contributed by atoms with Gasteiger partial charge in [0.1, 0.15) is 11.6 Å². The Bertz CT molecular complexity index is 591. The highest BCUT2D eigenvalue weighted by molar-refractivity contribution is 5.90. The topological polar surface area (TPSA) is 84.1 Å². The molecule has 0 fully saturated rings. The van der Waals surface area contributed by atoms with Crippen molar-refractivity contribution >= 4 is 22.7 Å². The molecule has 5 nitrogen and oxygen atoms in total. The van der Waals surface area contributed by atoms with Gasteiger partial charge in [-0.2, -0.15) is 4.98 Å². The summed E-state index contributed by atoms with van der Waals surface area (Å²) >= 11 is 0. The average molecular weight is 278 g/mol. The molecule has 0 aliphatic heterocycles. The second kappa shape index (κ2) is 6.47. The maximum atomic E-state index is 14.0. The Balaban J connectivity index is 2.37. The van der Waals surface area contributed by atoms with Crippen molar-refractivity contribution in [1.29, 1.82) is 0 Å². The van der Waals surface area contributed by atoms with Crippen molar-refractivity contribution in [2.24, 2.45) is 0 Å². The summed E-state index contributed by atoms with van der Waals surface area (Å²) in [6, 6.07) is 4.44. The molecule has 0 radical (unpaired) electrons. The monoisotopic (exact) mass is 278 g/mol. The third-order valence-corrected chi connectivity index (χ3v) is 3.16. The number of nitrogens with two attached hydrogens (primary N) is 1. The molecule has 1 atom stereocenters. The van der Waals surface area contributed by atoms with Crippen LogP contribution < -0.4 is 11.1 Å². The lowest BCUT2D eigenvalue weighted by Gasteiger charge is -2.18. The number of hydrogen-bond acceptors (Lipinski definition) is 5. The van der Waals surface area contributed by atoms with E-state index in [1.54, 1.807) is 12.1 Å². The first-order valence-corrected chi connectivity index (χ1v) is 6.74. The van der Waals surface area contributed by atoms with E-state index in [-0.39, 0.29) is 18.6 Å². The summed E-state index contributed by atoms with van der Waals surface area (Å²) in [5.74, 6) is 0.00992. The van der Waals surface area contributed by atoms with Crippen LogP contribution in [0.25, 0.3) is 10.9 Å². The minimum Gasteiger partial charge on any atom is -0.394 e. The van der Waals surface area contributed by atoms with Gasteiger partial charge in [0.2, 0.25) is 5.95 Å². The highest BCUT2D eigenvalue weighted by Gasteiger charge is 2.14. The molecule has 0 saturated carbocycles. The number of rotatable bonds is 6. The molecule has 6 heteroatoms. The summed E-state index contributed by atoms with van der Waals surface area (Å²) in [6.45, 7) is 2.03. The standard InChI is InChI=1S/C14H19FN4O/c1-2-3-5-9(8-20)17-13-12-10(15)6-4-7-11(12)18-14(16)19-13/h4,6-7,9,20H,2-3,5,8H2,1H3,(H3,16,17,18,19). The van der Waals surface area contributed by atoms with E-state index in [2.05, 4.69) is 22.2 Å². The predicted octanol–water partition coefficient (Wildman–Crippen LogP) is 2.31. The van der Waals surface area contributed by atoms with E-state index in [0.717, 1.165) is 19.3 Å². The molecule has 0 aliphatic carbocycles. The number of aliphatic hydroxyl groups excluding tert-OH is 1. The predicted molar refractivity (Wildman–Crippen MR) is 77.9 cm³/mol. The number of nitrogens with zero attached hydrogens (tertiary/aromatic N) is 2. The number of nitrogen functional groups attached to an aromatic ring is 1. The maximum Gasteiger partial charge on any atom is 0.222 e. The van der Waals surface area contributed by atoms with Crippen molar-refractivity contribution in [1.82, 2.24) is 9.97 Å². The summed E-state index contributed by atoms with van der Waals surface area (Å²) in [7, 11) is 0. The molecule has 1 unspecified atom stereocenters. The number of fused-ring (bicyclic) bond motifs is 1. The number of unbranched alkanes of at least 4 members (excludes halogenated alkanes) is 1. The summed E-state index contributed by atoms with van der Waals surface area (Å²) in [4.78, 5) is 8.08. The first-order chi connectivity index (χ1) is 9.65. The molecule has 0 spiro atoms. The van der Waals surface area contributed by atoms with Gasteiger partial charge in [0, 0.05) is 0 Å². The molecule has 0 amide bonds. The van der Waals surface area contributed by atoms with Crippen molar-refractivity contribution in [2.75, 3.05) is 17.7 Å². The van der Waals surface area contributed by atoms with Gasteiger partial charge in [0.15, 0.2) is 0 Å². The molecule has 0 saturated heterocycles. The smallest absolute Gasteiger partial charge is 0.222 e. The van der Waals surface area contributed by atoms with E-state index in [4.69, 9.17) is 5.73 Å². The number of halogens is 1. The van der Waals surface area contributed by atoms with Crippen molar-refractivity contribution < 1.29 is 9.50 Å². The largest absolute Gasteiger partial charge is 0.394 e. The fourth-order valence-electron chi connectivity index (χ4n) is 2.12. The third-order valence-electron chi connectivity index (χ3n) is 3.16. The van der Waals surface area contributed by atoms with E-state index < -0.39 is 5.82 Å². The fourth-order valence-corrected chi connectivity index (χ4v) is 2.12. The van der Waals surface area contributed by atoms with Crippen LogP contribution in [-0.2, 0) is 0 Å². The van der Waals surface area contributed by atoms with Crippen LogP contribution in [-0.4, -0.2) is 27.7 Å². The number of aliphatic hydroxyl groups is 1. The molecule has 2 aromatic rings. The number of aromatic nitrogens is 2. The Morgan fingerprint density at radius 2 is 2.20 bits per heavy atom. The molecule has 4 N–H and O–H groups in total. The van der Waals surface area contributed by atoms with Gasteiger partial charge < -0.3 is 16.2 Å². The summed E-state index contributed by atoms with van der Waals surface area (Å²) in [6.07, 6.45) is 2.78. The molecule has 20 heavy (non-hydrogen) atoms. The normalized spacial score (nSPS) is 12.6. The number of hydrogen-bond donors (Lipinski definition) is 3. The summed E-state index contributed by atoms with van der Waals surface area (Å²) < 4.78 is 14.0. The SMILES string of the molecule is CCCCC(CO)Nc1nc(N)nc2cccc(F)c12. The summed E-state index contributed by atoms with van der Waals surface area (Å²) in [5, 5.41) is 12.8. The van der Waals surface area contributed by atoms with Crippen molar-refractivity contribution in [3.05, 3.63) is 24.0 Å². The Labute approximate surface area is 117 Å². The van der Waals surface area contributed by atoms with Gasteiger partial charge in [-0.05, 0) is 18.6 Å². The number of benzene rings is 1. The number of anilines is 2. The van der Waals surface area contributed by atoms with Gasteiger partial charge in [-0.15, -0.1) is 0 Å². The molecule has 108 valence electrons. The quantitative estimate of drug-likeness (QED) is 0.755. The van der Waals surface area contributed by atoms with E-state index >= 15 is 0 Å². The minimum absolute atomic E-state index is 0.0418. The van der Waals surface area contributed by atoms with Crippen LogP contribution in [0.2, 0.25) is 0 Å². The maximum absolute atomic E-state index is 14.0. The molecule has 1 aromatic carbocycles. The van der Waals surface area contributed by atoms with Gasteiger partial charge >= 0.3 is 0 Å². The summed E-state index contributed by atoms with van der Waals surface area (Å²) in [5.41, 5.74) is 6.10. The van der Waals surface area contributed by atoms with Crippen molar-refractivity contribution in [2.45, 2.75) is 32.2 Å². The third kappa shape index (κ3) is 3.14. The Morgan fingerprint density at radius 1 is 1.40 bits per heavy atom. The van der Waals surface area contributed by atoms with E-state index in [1.165, 1.54) is 6.07 Å². The highest BCUT2D eigenvalue weighted by Crippen LogP contribution is 2.25. The lowest BCUT2D eigenvalue weighted by molar-refractivity contribution is 0.267. The molecule has 1 aromatic heterocycles. The first-order valence-electron chi connectivity index (χ1n) is 6.74. The van der Waals surface area contributed by atoms with E-state index in [9.17, 15) is 9.50 Å². The first kappa shape index (κ1) is 14.5. The fraction of sp³-hybridized carbons (Fsp3) is 0.429. The Morgan fingerprint density at radius 3 is 2.90 bits per heavy atom. The van der Waals surface area contributed by atoms with E-state index in [1.807, 2.05) is 0 Å². The van der Waals surface area contributed by atoms with Crippen LogP contribution in [0.3, 0.4) is 0 Å². The number of nitrogens with one attached hydrogen (secondary N) is 1. The minimum atomic E-state index is -0.405. The second-order valence-corrected chi connectivity index (χ2v) is 4.73. The van der Waals surface area contributed by atoms with E-state index in [0.29, 0.717) is 16.7 Å². The molecule has 1 heterocycles. The van der Waals surface area contributed by atoms with Gasteiger partial charge in [-0.3, -0.25) is 0 Å². The molecule has 0 bridgehead atoms. The van der Waals surface area contributed by atoms with Crippen LogP contribution in [0.4, 0.5) is 16.2 Å². The zero-order valence-electron chi connectivity index (χ0n) is 11.4. The van der Waals surface area contributed by atoms with Crippen LogP contribution in [0.15, 0.2) is 18.2 Å². The Kier molecular flexibility index (Phi) is 4.68. The lowest BCUT2D eigenvalue weighted by atomic mass is 10.1. The van der Waals surface area contributed by atoms with Gasteiger partial charge in [-0.1, -0.05) is 25.8 Å². The zero-order chi connectivity index (χ0) is 14.5. The molecular formula is C14H19FN4O. The molecule has 2 rings (SSSR count). The molecule has 0 aliphatic rings. The molecular weight excluding hydrogens is 259 g/mol. The van der Waals surface area contributed by atoms with Crippen LogP contribution in [0.5, 0.6) is 0 Å². The van der Waals surface area contributed by atoms with Crippen molar-refractivity contribution in [3.8, 4) is 0 Å². The van der Waals surface area contributed by atoms with Crippen LogP contribution >= 0.6 is 0 Å². The average Bonchev–Trinajstić information content (AvgIpc) is 2.42.